The van der Waals surface area contributed by atoms with Crippen molar-refractivity contribution in [2.24, 2.45) is 0 Å². The zero-order valence-electron chi connectivity index (χ0n) is 17.7. The van der Waals surface area contributed by atoms with E-state index in [-0.39, 0.29) is 23.6 Å². The van der Waals surface area contributed by atoms with Crippen LogP contribution in [-0.2, 0) is 4.79 Å². The number of hydrogen-bond acceptors (Lipinski definition) is 5. The molecule has 31 heavy (non-hydrogen) atoms. The van der Waals surface area contributed by atoms with Gasteiger partial charge in [0.1, 0.15) is 6.04 Å². The van der Waals surface area contributed by atoms with Gasteiger partial charge in [0.05, 0.1) is 5.69 Å². The first-order valence-corrected chi connectivity index (χ1v) is 11.4. The molecule has 0 aliphatic heterocycles. The molecule has 1 N–H and O–H groups in total. The van der Waals surface area contributed by atoms with Crippen molar-refractivity contribution >= 4 is 29.0 Å². The Hall–Kier alpha value is -3.06. The van der Waals surface area contributed by atoms with Gasteiger partial charge in [-0.2, -0.15) is 0 Å². The van der Waals surface area contributed by atoms with Crippen LogP contribution >= 0.6 is 11.5 Å². The normalized spacial score (nSPS) is 14.9. The number of aryl methyl sites for hydroxylation is 2. The molecular formula is C24H26N4O2S. The first kappa shape index (κ1) is 21.2. The van der Waals surface area contributed by atoms with Crippen molar-refractivity contribution < 1.29 is 9.59 Å². The van der Waals surface area contributed by atoms with Crippen LogP contribution < -0.4 is 10.2 Å². The monoisotopic (exact) mass is 434 g/mol. The van der Waals surface area contributed by atoms with Crippen LogP contribution in [0, 0.1) is 13.8 Å². The van der Waals surface area contributed by atoms with E-state index in [1.807, 2.05) is 62.4 Å². The Morgan fingerprint density at radius 3 is 2.32 bits per heavy atom. The Bertz CT molecular complexity index is 1030. The van der Waals surface area contributed by atoms with E-state index >= 15 is 0 Å². The van der Waals surface area contributed by atoms with Crippen molar-refractivity contribution in [2.75, 3.05) is 4.90 Å². The number of nitrogens with one attached hydrogen (secondary N) is 1. The van der Waals surface area contributed by atoms with Gasteiger partial charge in [-0.25, -0.2) is 0 Å². The lowest BCUT2D eigenvalue weighted by Gasteiger charge is -2.33. The average Bonchev–Trinajstić information content (AvgIpc) is 3.47. The minimum atomic E-state index is -0.809. The standard InChI is InChI=1S/C24H26N4O2S/c1-16-9-8-10-17(2)21(16)28(24(30)20-15-31-27-26-20)22(18-11-4-3-5-12-18)23(29)25-19-13-6-7-14-19/h3-5,8-12,15,19,22H,6-7,13-14H2,1-2H3,(H,25,29)/t22-/m1/s1. The molecule has 2 amide bonds. The first-order chi connectivity index (χ1) is 15.1. The Morgan fingerprint density at radius 2 is 1.71 bits per heavy atom. The Kier molecular flexibility index (Phi) is 6.42. The zero-order valence-corrected chi connectivity index (χ0v) is 18.6. The van der Waals surface area contributed by atoms with E-state index < -0.39 is 6.04 Å². The van der Waals surface area contributed by atoms with Gasteiger partial charge in [-0.3, -0.25) is 14.5 Å². The van der Waals surface area contributed by atoms with Crippen LogP contribution in [-0.4, -0.2) is 27.4 Å². The number of para-hydroxylation sites is 1. The summed E-state index contributed by atoms with van der Waals surface area (Å²) in [6.07, 6.45) is 4.18. The molecule has 1 saturated carbocycles. The molecule has 1 fully saturated rings. The lowest BCUT2D eigenvalue weighted by Crippen LogP contribution is -2.47. The highest BCUT2D eigenvalue weighted by molar-refractivity contribution is 7.03. The summed E-state index contributed by atoms with van der Waals surface area (Å²) in [7, 11) is 0. The van der Waals surface area contributed by atoms with Crippen LogP contribution in [0.2, 0.25) is 0 Å². The van der Waals surface area contributed by atoms with Crippen LogP contribution in [0.15, 0.2) is 53.9 Å². The summed E-state index contributed by atoms with van der Waals surface area (Å²) in [4.78, 5) is 29.0. The van der Waals surface area contributed by atoms with E-state index in [4.69, 9.17) is 0 Å². The number of aromatic nitrogens is 2. The van der Waals surface area contributed by atoms with Gasteiger partial charge in [0.15, 0.2) is 5.69 Å². The largest absolute Gasteiger partial charge is 0.351 e. The molecule has 160 valence electrons. The third-order valence-corrected chi connectivity index (χ3v) is 6.31. The summed E-state index contributed by atoms with van der Waals surface area (Å²) < 4.78 is 3.87. The van der Waals surface area contributed by atoms with Gasteiger partial charge in [-0.05, 0) is 54.9 Å². The second-order valence-electron chi connectivity index (χ2n) is 8.01. The summed E-state index contributed by atoms with van der Waals surface area (Å²) in [5, 5.41) is 8.83. The summed E-state index contributed by atoms with van der Waals surface area (Å²) in [5.74, 6) is -0.501. The van der Waals surface area contributed by atoms with Crippen molar-refractivity contribution in [2.45, 2.75) is 51.6 Å². The number of nitrogens with zero attached hydrogens (tertiary/aromatic N) is 3. The minimum Gasteiger partial charge on any atom is -0.351 e. The Balaban J connectivity index is 1.85. The molecule has 1 aliphatic carbocycles. The van der Waals surface area contributed by atoms with Crippen LogP contribution in [0.25, 0.3) is 0 Å². The lowest BCUT2D eigenvalue weighted by molar-refractivity contribution is -0.123. The van der Waals surface area contributed by atoms with E-state index in [1.54, 1.807) is 10.3 Å². The molecule has 2 aromatic carbocycles. The third-order valence-electron chi connectivity index (χ3n) is 5.80. The van der Waals surface area contributed by atoms with Gasteiger partial charge in [0.25, 0.3) is 5.91 Å². The first-order valence-electron chi connectivity index (χ1n) is 10.6. The molecule has 0 bridgehead atoms. The molecular weight excluding hydrogens is 408 g/mol. The molecule has 0 radical (unpaired) electrons. The summed E-state index contributed by atoms with van der Waals surface area (Å²) in [6, 6.07) is 14.7. The van der Waals surface area contributed by atoms with Gasteiger partial charge in [0, 0.05) is 11.4 Å². The third kappa shape index (κ3) is 4.51. The van der Waals surface area contributed by atoms with Crippen LogP contribution in [0.1, 0.15) is 58.9 Å². The smallest absolute Gasteiger partial charge is 0.280 e. The summed E-state index contributed by atoms with van der Waals surface area (Å²) >= 11 is 1.12. The molecule has 0 unspecified atom stereocenters. The molecule has 0 spiro atoms. The number of rotatable bonds is 6. The number of amides is 2. The van der Waals surface area contributed by atoms with Gasteiger partial charge >= 0.3 is 0 Å². The Morgan fingerprint density at radius 1 is 1.03 bits per heavy atom. The fraction of sp³-hybridized carbons (Fsp3) is 0.333. The number of hydrogen-bond donors (Lipinski definition) is 1. The second kappa shape index (κ2) is 9.39. The van der Waals surface area contributed by atoms with Crippen LogP contribution in [0.5, 0.6) is 0 Å². The molecule has 6 nitrogen and oxygen atoms in total. The SMILES string of the molecule is Cc1cccc(C)c1N(C(=O)c1csnn1)[C@@H](C(=O)NC1CCCC1)c1ccccc1. The molecule has 4 rings (SSSR count). The van der Waals surface area contributed by atoms with E-state index in [2.05, 4.69) is 14.9 Å². The van der Waals surface area contributed by atoms with Crippen molar-refractivity contribution in [3.8, 4) is 0 Å². The van der Waals surface area contributed by atoms with Crippen molar-refractivity contribution in [3.05, 3.63) is 76.3 Å². The fourth-order valence-electron chi connectivity index (χ4n) is 4.32. The van der Waals surface area contributed by atoms with Gasteiger partial charge in [-0.1, -0.05) is 65.9 Å². The predicted octanol–water partition coefficient (Wildman–Crippen LogP) is 4.60. The predicted molar refractivity (Wildman–Crippen MR) is 122 cm³/mol. The van der Waals surface area contributed by atoms with Crippen LogP contribution in [0.3, 0.4) is 0 Å². The molecule has 3 aromatic rings. The van der Waals surface area contributed by atoms with Gasteiger partial charge < -0.3 is 5.32 Å². The molecule has 1 atom stereocenters. The van der Waals surface area contributed by atoms with Crippen molar-refractivity contribution in [3.63, 3.8) is 0 Å². The van der Waals surface area contributed by atoms with Crippen LogP contribution in [0.4, 0.5) is 5.69 Å². The average molecular weight is 435 g/mol. The van der Waals surface area contributed by atoms with Crippen molar-refractivity contribution in [1.82, 2.24) is 14.9 Å². The second-order valence-corrected chi connectivity index (χ2v) is 8.62. The number of anilines is 1. The fourth-order valence-corrected chi connectivity index (χ4v) is 4.75. The zero-order chi connectivity index (χ0) is 21.8. The minimum absolute atomic E-state index is 0.148. The molecule has 7 heteroatoms. The number of carbonyl (C=O) groups excluding carboxylic acids is 2. The van der Waals surface area contributed by atoms with Gasteiger partial charge in [0.2, 0.25) is 5.91 Å². The summed E-state index contributed by atoms with van der Waals surface area (Å²) in [5.41, 5.74) is 3.58. The van der Waals surface area contributed by atoms with Gasteiger partial charge in [-0.15, -0.1) is 5.10 Å². The van der Waals surface area contributed by atoms with E-state index in [9.17, 15) is 9.59 Å². The number of carbonyl (C=O) groups is 2. The Labute approximate surface area is 186 Å². The topological polar surface area (TPSA) is 75.2 Å². The highest BCUT2D eigenvalue weighted by atomic mass is 32.1. The summed E-state index contributed by atoms with van der Waals surface area (Å²) in [6.45, 7) is 3.91. The van der Waals surface area contributed by atoms with Crippen molar-refractivity contribution in [1.29, 1.82) is 0 Å². The molecule has 1 heterocycles. The number of benzene rings is 2. The lowest BCUT2D eigenvalue weighted by atomic mass is 9.99. The quantitative estimate of drug-likeness (QED) is 0.615. The highest BCUT2D eigenvalue weighted by Crippen LogP contribution is 2.34. The highest BCUT2D eigenvalue weighted by Gasteiger charge is 2.36. The van der Waals surface area contributed by atoms with E-state index in [0.717, 1.165) is 59.6 Å². The maximum Gasteiger partial charge on any atom is 0.280 e. The molecule has 1 aromatic heterocycles. The maximum atomic E-state index is 13.7. The van der Waals surface area contributed by atoms with E-state index in [1.165, 1.54) is 0 Å². The maximum absolute atomic E-state index is 13.7. The van der Waals surface area contributed by atoms with E-state index in [0.29, 0.717) is 0 Å². The molecule has 1 aliphatic rings. The molecule has 0 saturated heterocycles.